The molecule has 0 radical (unpaired) electrons. The van der Waals surface area contributed by atoms with Crippen LogP contribution in [0.1, 0.15) is 307 Å². The van der Waals surface area contributed by atoms with Gasteiger partial charge in [0.25, 0.3) is 29.5 Å². The second kappa shape index (κ2) is 38.7. The number of rotatable bonds is 35. The van der Waals surface area contributed by atoms with Gasteiger partial charge in [0.1, 0.15) is 0 Å². The third-order valence-corrected chi connectivity index (χ3v) is 17.2. The van der Waals surface area contributed by atoms with Crippen molar-refractivity contribution in [2.45, 2.75) is 259 Å². The van der Waals surface area contributed by atoms with Crippen molar-refractivity contribution in [3.8, 4) is 0 Å². The number of nitrogens with one attached hydrogen (secondary N) is 5. The monoisotopic (exact) mass is 1250 g/mol. The predicted octanol–water partition coefficient (Wildman–Crippen LogP) is 21.5. The summed E-state index contributed by atoms with van der Waals surface area (Å²) in [6.07, 6.45) is 29.5. The summed E-state index contributed by atoms with van der Waals surface area (Å²) in [5, 5.41) is 12.6. The first-order chi connectivity index (χ1) is 43.6. The number of carbonyl (C=O) groups is 5. The van der Waals surface area contributed by atoms with Gasteiger partial charge in [-0.1, -0.05) is 195 Å². The molecule has 0 saturated carbocycles. The van der Waals surface area contributed by atoms with E-state index in [9.17, 15) is 24.0 Å². The topological polar surface area (TPSA) is 146 Å². The Morgan fingerprint density at radius 2 is 0.367 bits per heavy atom. The standard InChI is InChI=1S/C75H100F5N5O5/c1-6-11-16-21-26-31-36-51-41-56-66(76)61(46-51)81-72(87)57-42-52(37-32-27-22-17-12-7-2)48-63(67(57)77)83-74(89)59-44-54(39-34-29-24-19-14-9-4)50-65(69(59)79)85-75(90)60-45-55(40-35-30-25-20-15-10-5)49-64(70(60)80)84-73(88)58-43-53(38-33-28-23-18-13-8-3)47-62(68(58)78)82-71(56)86/h41-50H,6-40H2,1-5H3,(H,81,87)(H,82,86)(H,83,89)(H,84,88)(H,85,90). The number of aryl methyl sites for hydroxylation is 5. The van der Waals surface area contributed by atoms with Gasteiger partial charge in [-0.2, -0.15) is 0 Å². The highest BCUT2D eigenvalue weighted by Gasteiger charge is 2.29. The zero-order chi connectivity index (χ0) is 64.8. The van der Waals surface area contributed by atoms with Crippen molar-refractivity contribution >= 4 is 58.0 Å². The van der Waals surface area contributed by atoms with Gasteiger partial charge in [0.05, 0.1) is 56.3 Å². The number of benzene rings is 5. The molecular formula is C75H100F5N5O5. The Morgan fingerprint density at radius 1 is 0.222 bits per heavy atom. The van der Waals surface area contributed by atoms with Crippen molar-refractivity contribution in [3.05, 3.63) is 145 Å². The van der Waals surface area contributed by atoms with E-state index in [2.05, 4.69) is 61.2 Å². The van der Waals surface area contributed by atoms with Crippen molar-refractivity contribution in [1.82, 2.24) is 0 Å². The van der Waals surface area contributed by atoms with Crippen molar-refractivity contribution in [1.29, 1.82) is 0 Å². The van der Waals surface area contributed by atoms with Gasteiger partial charge in [0, 0.05) is 0 Å². The first-order valence-corrected chi connectivity index (χ1v) is 34.3. The number of carbonyl (C=O) groups excluding carboxylic acids is 5. The Labute approximate surface area is 532 Å². The lowest BCUT2D eigenvalue weighted by Gasteiger charge is -2.17. The van der Waals surface area contributed by atoms with Crippen LogP contribution in [-0.2, 0) is 32.1 Å². The molecule has 15 heteroatoms. The van der Waals surface area contributed by atoms with Gasteiger partial charge in [0.2, 0.25) is 0 Å². The molecule has 0 unspecified atom stereocenters. The predicted molar refractivity (Wildman–Crippen MR) is 357 cm³/mol. The summed E-state index contributed by atoms with van der Waals surface area (Å²) in [6, 6.07) is 13.6. The van der Waals surface area contributed by atoms with Crippen LogP contribution in [-0.4, -0.2) is 29.5 Å². The number of amides is 5. The smallest absolute Gasteiger partial charge is 0.258 e. The summed E-state index contributed by atoms with van der Waals surface area (Å²) in [5.41, 5.74) is -2.81. The molecule has 90 heavy (non-hydrogen) atoms. The van der Waals surface area contributed by atoms with E-state index in [1.165, 1.54) is 60.7 Å². The maximum atomic E-state index is 17.3. The minimum absolute atomic E-state index is 0.359. The zero-order valence-electron chi connectivity index (χ0n) is 54.5. The van der Waals surface area contributed by atoms with Crippen LogP contribution in [0, 0.1) is 29.1 Å². The highest BCUT2D eigenvalue weighted by molar-refractivity contribution is 6.12. The summed E-state index contributed by atoms with van der Waals surface area (Å²) in [7, 11) is 0. The lowest BCUT2D eigenvalue weighted by atomic mass is 9.99. The fourth-order valence-corrected chi connectivity index (χ4v) is 11.9. The number of fused-ring (bicyclic) bond motifs is 10. The summed E-state index contributed by atoms with van der Waals surface area (Å²) in [4.78, 5) is 73.2. The Kier molecular flexibility index (Phi) is 31.0. The quantitative estimate of drug-likeness (QED) is 0.0203. The molecule has 10 nitrogen and oxygen atoms in total. The lowest BCUT2D eigenvalue weighted by molar-refractivity contribution is 0.100. The summed E-state index contributed by atoms with van der Waals surface area (Å²) >= 11 is 0. The molecule has 5 amide bonds. The van der Waals surface area contributed by atoms with Crippen LogP contribution in [0.2, 0.25) is 0 Å². The van der Waals surface area contributed by atoms with E-state index >= 15 is 22.0 Å². The Bertz CT molecular complexity index is 2700. The van der Waals surface area contributed by atoms with Gasteiger partial charge in [-0.25, -0.2) is 22.0 Å². The maximum Gasteiger partial charge on any atom is 0.258 e. The number of hydrogen-bond donors (Lipinski definition) is 5. The maximum absolute atomic E-state index is 17.3. The van der Waals surface area contributed by atoms with E-state index in [1.807, 2.05) is 0 Å². The van der Waals surface area contributed by atoms with E-state index in [4.69, 9.17) is 0 Å². The van der Waals surface area contributed by atoms with Crippen LogP contribution >= 0.6 is 0 Å². The molecule has 1 heterocycles. The van der Waals surface area contributed by atoms with Gasteiger partial charge < -0.3 is 26.6 Å². The van der Waals surface area contributed by atoms with Gasteiger partial charge in [-0.15, -0.1) is 0 Å². The average molecular weight is 1250 g/mol. The Hall–Kier alpha value is -6.90. The minimum Gasteiger partial charge on any atom is -0.319 e. The summed E-state index contributed by atoms with van der Waals surface area (Å²) < 4.78 is 86.5. The van der Waals surface area contributed by atoms with Crippen LogP contribution in [0.25, 0.3) is 0 Å². The Morgan fingerprint density at radius 3 is 0.522 bits per heavy atom. The third-order valence-electron chi connectivity index (χ3n) is 17.2. The van der Waals surface area contributed by atoms with Crippen molar-refractivity contribution in [3.63, 3.8) is 0 Å². The fourth-order valence-electron chi connectivity index (χ4n) is 11.9. The van der Waals surface area contributed by atoms with E-state index in [1.54, 1.807) is 0 Å². The van der Waals surface area contributed by atoms with Crippen LogP contribution in [0.15, 0.2) is 60.7 Å². The summed E-state index contributed by atoms with van der Waals surface area (Å²) in [6.45, 7) is 10.6. The van der Waals surface area contributed by atoms with E-state index in [0.29, 0.717) is 92.0 Å². The number of hydrogen-bond acceptors (Lipinski definition) is 5. The van der Waals surface area contributed by atoms with E-state index in [0.717, 1.165) is 161 Å². The van der Waals surface area contributed by atoms with Gasteiger partial charge >= 0.3 is 0 Å². The van der Waals surface area contributed by atoms with Crippen LogP contribution in [0.5, 0.6) is 0 Å². The normalized spacial score (nSPS) is 12.9. The van der Waals surface area contributed by atoms with Crippen LogP contribution < -0.4 is 26.6 Å². The highest BCUT2D eigenvalue weighted by Crippen LogP contribution is 2.33. The molecule has 5 N–H and O–H groups in total. The molecule has 0 atom stereocenters. The highest BCUT2D eigenvalue weighted by atomic mass is 19.1. The molecule has 1 aliphatic rings. The van der Waals surface area contributed by atoms with Gasteiger partial charge in [-0.3, -0.25) is 24.0 Å². The first kappa shape index (κ1) is 72.2. The van der Waals surface area contributed by atoms with Crippen molar-refractivity contribution in [2.24, 2.45) is 0 Å². The van der Waals surface area contributed by atoms with E-state index < -0.39 is 115 Å². The molecule has 10 bridgehead atoms. The molecular weight excluding hydrogens is 1150 g/mol. The van der Waals surface area contributed by atoms with Gasteiger partial charge in [-0.05, 0) is 153 Å². The number of halogens is 5. The second-order valence-electron chi connectivity index (χ2n) is 24.9. The van der Waals surface area contributed by atoms with Crippen LogP contribution in [0.4, 0.5) is 50.4 Å². The molecule has 5 aromatic rings. The molecule has 1 aliphatic heterocycles. The average Bonchev–Trinajstić information content (AvgIpc) is 1.85. The molecule has 490 valence electrons. The largest absolute Gasteiger partial charge is 0.319 e. The van der Waals surface area contributed by atoms with Crippen LogP contribution in [0.3, 0.4) is 0 Å². The SMILES string of the molecule is CCCCCCCCc1cc2c(F)c(c1)C(=O)Nc1cc(CCCCCCCC)cc(c1F)C(=O)Nc1cc(CCCCCCCC)cc(c1F)C(=O)Nc1cc(CCCCCCCC)cc(c1F)C(=O)Nc1cc(CCCCCCCC)cc(c1F)C(=O)N2. The minimum atomic E-state index is -1.20. The molecule has 0 aromatic heterocycles. The van der Waals surface area contributed by atoms with Crippen molar-refractivity contribution < 1.29 is 45.9 Å². The molecule has 0 aliphatic carbocycles. The molecule has 6 rings (SSSR count). The fraction of sp³-hybridized carbons (Fsp3) is 0.533. The third kappa shape index (κ3) is 22.2. The Balaban J connectivity index is 1.55. The summed E-state index contributed by atoms with van der Waals surface area (Å²) in [5.74, 6) is -11.5. The molecule has 0 saturated heterocycles. The van der Waals surface area contributed by atoms with E-state index in [-0.39, 0.29) is 0 Å². The molecule has 5 aromatic carbocycles. The second-order valence-corrected chi connectivity index (χ2v) is 24.9. The molecule has 0 fully saturated rings. The first-order valence-electron chi connectivity index (χ1n) is 34.3. The van der Waals surface area contributed by atoms with Gasteiger partial charge in [0.15, 0.2) is 29.1 Å². The van der Waals surface area contributed by atoms with Crippen molar-refractivity contribution in [2.75, 3.05) is 26.6 Å². The molecule has 0 spiro atoms. The number of unbranched alkanes of at least 4 members (excludes halogenated alkanes) is 25. The lowest BCUT2D eigenvalue weighted by Crippen LogP contribution is -2.22. The zero-order valence-corrected chi connectivity index (χ0v) is 54.5. The number of anilines is 5.